The fourth-order valence-electron chi connectivity index (χ4n) is 2.81. The summed E-state index contributed by atoms with van der Waals surface area (Å²) in [6.45, 7) is 16.1. The largest absolute Gasteiger partial charge is 0.385 e. The van der Waals surface area contributed by atoms with Gasteiger partial charge in [-0.2, -0.15) is 0 Å². The quantitative estimate of drug-likeness (QED) is 0.254. The van der Waals surface area contributed by atoms with Crippen LogP contribution in [0.3, 0.4) is 0 Å². The summed E-state index contributed by atoms with van der Waals surface area (Å²) in [5.74, 6) is 0.881. The molecule has 0 spiro atoms. The number of morpholine rings is 1. The van der Waals surface area contributed by atoms with Crippen molar-refractivity contribution in [1.82, 2.24) is 15.5 Å². The summed E-state index contributed by atoms with van der Waals surface area (Å²) in [6, 6.07) is 0. The molecule has 1 aliphatic heterocycles. The van der Waals surface area contributed by atoms with Crippen LogP contribution < -0.4 is 10.6 Å². The van der Waals surface area contributed by atoms with Gasteiger partial charge in [0, 0.05) is 45.4 Å². The summed E-state index contributed by atoms with van der Waals surface area (Å²) in [4.78, 5) is 7.27. The van der Waals surface area contributed by atoms with Gasteiger partial charge in [-0.1, -0.05) is 0 Å². The zero-order valence-electron chi connectivity index (χ0n) is 16.2. The number of rotatable bonds is 8. The van der Waals surface area contributed by atoms with Crippen molar-refractivity contribution >= 4 is 29.9 Å². The molecule has 2 atom stereocenters. The van der Waals surface area contributed by atoms with Gasteiger partial charge in [0.25, 0.3) is 0 Å². The van der Waals surface area contributed by atoms with Gasteiger partial charge in [-0.05, 0) is 41.0 Å². The van der Waals surface area contributed by atoms with Crippen molar-refractivity contribution in [3.63, 3.8) is 0 Å². The van der Waals surface area contributed by atoms with Crippen LogP contribution in [0.1, 0.15) is 41.0 Å². The number of halogens is 1. The van der Waals surface area contributed by atoms with Gasteiger partial charge in [0.2, 0.25) is 0 Å². The van der Waals surface area contributed by atoms with E-state index in [1.165, 1.54) is 0 Å². The molecule has 1 saturated heterocycles. The monoisotopic (exact) mass is 456 g/mol. The van der Waals surface area contributed by atoms with Gasteiger partial charge in [0.1, 0.15) is 0 Å². The van der Waals surface area contributed by atoms with Crippen LogP contribution in [-0.4, -0.2) is 75.0 Å². The molecule has 0 aromatic rings. The maximum Gasteiger partial charge on any atom is 0.191 e. The van der Waals surface area contributed by atoms with Gasteiger partial charge in [-0.3, -0.25) is 9.89 Å². The first-order valence-electron chi connectivity index (χ1n) is 8.80. The Hall–Kier alpha value is -0.120. The molecular formula is C17H37IN4O2. The summed E-state index contributed by atoms with van der Waals surface area (Å²) < 4.78 is 10.9. The normalized spacial score (nSPS) is 22.8. The Morgan fingerprint density at radius 3 is 2.42 bits per heavy atom. The van der Waals surface area contributed by atoms with Crippen molar-refractivity contribution in [3.05, 3.63) is 0 Å². The van der Waals surface area contributed by atoms with E-state index >= 15 is 0 Å². The summed E-state index contributed by atoms with van der Waals surface area (Å²) in [5, 5.41) is 6.67. The van der Waals surface area contributed by atoms with Crippen LogP contribution >= 0.6 is 24.0 Å². The number of hydrogen-bond acceptors (Lipinski definition) is 4. The molecule has 0 aromatic heterocycles. The van der Waals surface area contributed by atoms with E-state index in [0.717, 1.165) is 51.7 Å². The molecule has 144 valence electrons. The molecule has 1 fully saturated rings. The summed E-state index contributed by atoms with van der Waals surface area (Å²) in [5.41, 5.74) is 0.0151. The van der Waals surface area contributed by atoms with Gasteiger partial charge >= 0.3 is 0 Å². The number of aliphatic imine (C=N–C) groups is 1. The molecule has 0 bridgehead atoms. The van der Waals surface area contributed by atoms with Gasteiger partial charge in [0.15, 0.2) is 5.96 Å². The Labute approximate surface area is 165 Å². The lowest BCUT2D eigenvalue weighted by Gasteiger charge is -2.44. The lowest BCUT2D eigenvalue weighted by molar-refractivity contribution is -0.0939. The van der Waals surface area contributed by atoms with Crippen LogP contribution in [0.2, 0.25) is 0 Å². The van der Waals surface area contributed by atoms with E-state index < -0.39 is 0 Å². The van der Waals surface area contributed by atoms with E-state index in [1.807, 2.05) is 0 Å². The van der Waals surface area contributed by atoms with Crippen molar-refractivity contribution < 1.29 is 9.47 Å². The number of guanidine groups is 1. The van der Waals surface area contributed by atoms with Gasteiger partial charge in [-0.25, -0.2) is 0 Å². The average molecular weight is 456 g/mol. The van der Waals surface area contributed by atoms with Crippen molar-refractivity contribution in [1.29, 1.82) is 0 Å². The molecule has 0 amide bonds. The Balaban J connectivity index is 0.00000529. The first-order chi connectivity index (χ1) is 10.9. The molecule has 1 rings (SSSR count). The molecule has 0 radical (unpaired) electrons. The molecule has 2 unspecified atom stereocenters. The standard InChI is InChI=1S/C17H36N4O2.HI/c1-7-18-16(19-9-8-10-22-6)20-13-17(4,5)21-11-14(2)23-15(3)12-21;/h14-15H,7-13H2,1-6H3,(H2,18,19,20);1H. The third kappa shape index (κ3) is 8.82. The second kappa shape index (κ2) is 12.3. The summed E-state index contributed by atoms with van der Waals surface area (Å²) in [7, 11) is 1.73. The minimum absolute atomic E-state index is 0. The molecule has 24 heavy (non-hydrogen) atoms. The lowest BCUT2D eigenvalue weighted by Crippen LogP contribution is -2.56. The lowest BCUT2D eigenvalue weighted by atomic mass is 10.0. The number of nitrogens with zero attached hydrogens (tertiary/aromatic N) is 2. The van der Waals surface area contributed by atoms with E-state index in [9.17, 15) is 0 Å². The predicted octanol–water partition coefficient (Wildman–Crippen LogP) is 2.08. The molecule has 2 N–H and O–H groups in total. The number of nitrogens with one attached hydrogen (secondary N) is 2. The van der Waals surface area contributed by atoms with Crippen molar-refractivity contribution in [2.75, 3.05) is 46.4 Å². The van der Waals surface area contributed by atoms with E-state index in [4.69, 9.17) is 14.5 Å². The van der Waals surface area contributed by atoms with Crippen LogP contribution in [0.15, 0.2) is 4.99 Å². The highest BCUT2D eigenvalue weighted by atomic mass is 127. The van der Waals surface area contributed by atoms with E-state index in [0.29, 0.717) is 0 Å². The zero-order valence-corrected chi connectivity index (χ0v) is 18.6. The summed E-state index contributed by atoms with van der Waals surface area (Å²) in [6.07, 6.45) is 1.54. The SMILES string of the molecule is CCNC(=NCC(C)(C)N1CC(C)OC(C)C1)NCCCOC.I. The topological polar surface area (TPSA) is 58.1 Å². The Morgan fingerprint density at radius 2 is 1.88 bits per heavy atom. The molecule has 7 heteroatoms. The first-order valence-corrected chi connectivity index (χ1v) is 8.80. The van der Waals surface area contributed by atoms with E-state index in [-0.39, 0.29) is 41.7 Å². The second-order valence-corrected chi connectivity index (χ2v) is 6.94. The van der Waals surface area contributed by atoms with Crippen LogP contribution in [0, 0.1) is 0 Å². The molecular weight excluding hydrogens is 419 g/mol. The highest BCUT2D eigenvalue weighted by Crippen LogP contribution is 2.21. The molecule has 0 aromatic carbocycles. The zero-order chi connectivity index (χ0) is 17.3. The summed E-state index contributed by atoms with van der Waals surface area (Å²) >= 11 is 0. The maximum atomic E-state index is 5.84. The van der Waals surface area contributed by atoms with Crippen LogP contribution in [0.25, 0.3) is 0 Å². The molecule has 1 heterocycles. The van der Waals surface area contributed by atoms with Crippen molar-refractivity contribution in [2.45, 2.75) is 58.8 Å². The smallest absolute Gasteiger partial charge is 0.191 e. The Morgan fingerprint density at radius 1 is 1.25 bits per heavy atom. The maximum absolute atomic E-state index is 5.84. The van der Waals surface area contributed by atoms with Crippen molar-refractivity contribution in [2.24, 2.45) is 4.99 Å². The fraction of sp³-hybridized carbons (Fsp3) is 0.941. The van der Waals surface area contributed by atoms with Crippen LogP contribution in [0.5, 0.6) is 0 Å². The number of ether oxygens (including phenoxy) is 2. The third-order valence-corrected chi connectivity index (χ3v) is 4.06. The first kappa shape index (κ1) is 23.9. The van der Waals surface area contributed by atoms with Gasteiger partial charge in [0.05, 0.1) is 18.8 Å². The van der Waals surface area contributed by atoms with E-state index in [1.54, 1.807) is 7.11 Å². The predicted molar refractivity (Wildman–Crippen MR) is 112 cm³/mol. The Bertz CT molecular complexity index is 356. The highest BCUT2D eigenvalue weighted by Gasteiger charge is 2.33. The fourth-order valence-corrected chi connectivity index (χ4v) is 2.81. The number of methoxy groups -OCH3 is 1. The average Bonchev–Trinajstić information content (AvgIpc) is 2.48. The van der Waals surface area contributed by atoms with Crippen LogP contribution in [-0.2, 0) is 9.47 Å². The minimum atomic E-state index is 0. The van der Waals surface area contributed by atoms with Crippen LogP contribution in [0.4, 0.5) is 0 Å². The van der Waals surface area contributed by atoms with Gasteiger partial charge < -0.3 is 20.1 Å². The second-order valence-electron chi connectivity index (χ2n) is 6.94. The molecule has 6 nitrogen and oxygen atoms in total. The van der Waals surface area contributed by atoms with Crippen molar-refractivity contribution in [3.8, 4) is 0 Å². The molecule has 0 saturated carbocycles. The Kier molecular flexibility index (Phi) is 12.2. The van der Waals surface area contributed by atoms with E-state index in [2.05, 4.69) is 50.2 Å². The minimum Gasteiger partial charge on any atom is -0.385 e. The number of hydrogen-bond donors (Lipinski definition) is 2. The molecule has 0 aliphatic carbocycles. The molecule has 1 aliphatic rings. The highest BCUT2D eigenvalue weighted by molar-refractivity contribution is 14.0. The van der Waals surface area contributed by atoms with Gasteiger partial charge in [-0.15, -0.1) is 24.0 Å². The third-order valence-electron chi connectivity index (χ3n) is 4.06.